The van der Waals surface area contributed by atoms with Crippen molar-refractivity contribution in [2.45, 2.75) is 32.6 Å². The summed E-state index contributed by atoms with van der Waals surface area (Å²) in [6.45, 7) is 1.58. The smallest absolute Gasteiger partial charge is 0.322 e. The molecule has 0 heterocycles. The number of hydrogen-bond acceptors (Lipinski definition) is 5. The first-order valence-electron chi connectivity index (χ1n) is 7.54. The molecule has 132 valence electrons. The van der Waals surface area contributed by atoms with Gasteiger partial charge in [0.1, 0.15) is 6.54 Å². The normalized spacial score (nSPS) is 10.0. The molecule has 0 saturated carbocycles. The molecular weight excluding hydrogens is 322 g/mol. The number of amides is 3. The molecule has 8 nitrogen and oxygen atoms in total. The van der Waals surface area contributed by atoms with Gasteiger partial charge in [0, 0.05) is 6.54 Å². The van der Waals surface area contributed by atoms with Crippen LogP contribution in [0.3, 0.4) is 0 Å². The summed E-state index contributed by atoms with van der Waals surface area (Å²) in [5, 5.41) is 12.9. The molecule has 0 aliphatic carbocycles. The summed E-state index contributed by atoms with van der Waals surface area (Å²) in [5.41, 5.74) is 0. The van der Waals surface area contributed by atoms with Crippen molar-refractivity contribution in [3.8, 4) is 0 Å². The lowest BCUT2D eigenvalue weighted by Crippen LogP contribution is -2.45. The Morgan fingerprint density at radius 1 is 1.00 bits per heavy atom. The van der Waals surface area contributed by atoms with Gasteiger partial charge in [0.2, 0.25) is 17.7 Å². The Balaban J connectivity index is 4.18. The van der Waals surface area contributed by atoms with Crippen LogP contribution < -0.4 is 10.6 Å². The van der Waals surface area contributed by atoms with Crippen molar-refractivity contribution >= 4 is 36.3 Å². The van der Waals surface area contributed by atoms with E-state index < -0.39 is 24.3 Å². The van der Waals surface area contributed by atoms with Gasteiger partial charge in [-0.05, 0) is 6.42 Å². The average Bonchev–Trinajstić information content (AvgIpc) is 2.52. The van der Waals surface area contributed by atoms with Crippen LogP contribution in [0.15, 0.2) is 0 Å². The largest absolute Gasteiger partial charge is 0.480 e. The van der Waals surface area contributed by atoms with Crippen LogP contribution in [0.4, 0.5) is 0 Å². The first kappa shape index (κ1) is 21.2. The topological polar surface area (TPSA) is 116 Å². The molecule has 0 saturated heterocycles. The molecule has 0 bridgehead atoms. The summed E-state index contributed by atoms with van der Waals surface area (Å²) in [6.07, 6.45) is 3.93. The number of nitrogens with one attached hydrogen (secondary N) is 2. The fraction of sp³-hybridized carbons (Fsp3) is 0.714. The third-order valence-electron chi connectivity index (χ3n) is 2.99. The summed E-state index contributed by atoms with van der Waals surface area (Å²) < 4.78 is 0. The zero-order valence-corrected chi connectivity index (χ0v) is 14.2. The van der Waals surface area contributed by atoms with Crippen molar-refractivity contribution < 1.29 is 24.3 Å². The fourth-order valence-electron chi connectivity index (χ4n) is 1.77. The van der Waals surface area contributed by atoms with Gasteiger partial charge in [-0.1, -0.05) is 26.2 Å². The minimum atomic E-state index is -1.16. The highest BCUT2D eigenvalue weighted by molar-refractivity contribution is 7.81. The number of rotatable bonds is 12. The summed E-state index contributed by atoms with van der Waals surface area (Å²) >= 11 is 3.93. The van der Waals surface area contributed by atoms with Crippen molar-refractivity contribution in [2.24, 2.45) is 0 Å². The molecule has 3 amide bonds. The van der Waals surface area contributed by atoms with Crippen LogP contribution in [0.25, 0.3) is 0 Å². The number of unbranched alkanes of at least 4 members (excludes halogenated alkanes) is 3. The molecular formula is C14H25N3O5S. The Kier molecular flexibility index (Phi) is 11.8. The second-order valence-corrected chi connectivity index (χ2v) is 5.30. The minimum absolute atomic E-state index is 0.0140. The highest BCUT2D eigenvalue weighted by Gasteiger charge is 2.16. The molecule has 0 aromatic heterocycles. The predicted octanol–water partition coefficient (Wildman–Crippen LogP) is -0.358. The van der Waals surface area contributed by atoms with Crippen molar-refractivity contribution in [1.29, 1.82) is 0 Å². The first-order valence-corrected chi connectivity index (χ1v) is 8.17. The summed E-state index contributed by atoms with van der Waals surface area (Å²) in [6, 6.07) is 0. The highest BCUT2D eigenvalue weighted by Crippen LogP contribution is 2.02. The first-order chi connectivity index (χ1) is 10.9. The van der Waals surface area contributed by atoms with E-state index in [4.69, 9.17) is 5.11 Å². The molecule has 0 radical (unpaired) electrons. The zero-order chi connectivity index (χ0) is 17.7. The second kappa shape index (κ2) is 12.7. The molecule has 0 aromatic rings. The summed E-state index contributed by atoms with van der Waals surface area (Å²) in [7, 11) is 0. The number of carbonyl (C=O) groups is 4. The van der Waals surface area contributed by atoms with Crippen molar-refractivity contribution in [3.05, 3.63) is 0 Å². The standard InChI is InChI=1S/C14H25N3O5S/c1-2-3-4-5-6-17(13(20)10-23)9-12(19)15-7-11(18)16-8-14(21)22/h23H,2-10H2,1H3,(H,15,19)(H,16,18)(H,21,22). The van der Waals surface area contributed by atoms with Crippen LogP contribution in [-0.4, -0.2) is 65.6 Å². The van der Waals surface area contributed by atoms with E-state index in [0.717, 1.165) is 25.7 Å². The molecule has 0 fully saturated rings. The monoisotopic (exact) mass is 347 g/mol. The maximum atomic E-state index is 11.8. The maximum Gasteiger partial charge on any atom is 0.322 e. The van der Waals surface area contributed by atoms with E-state index in [2.05, 4.69) is 30.2 Å². The van der Waals surface area contributed by atoms with Crippen LogP contribution >= 0.6 is 12.6 Å². The lowest BCUT2D eigenvalue weighted by Gasteiger charge is -2.21. The van der Waals surface area contributed by atoms with E-state index >= 15 is 0 Å². The maximum absolute atomic E-state index is 11.8. The number of aliphatic carboxylic acids is 1. The predicted molar refractivity (Wildman–Crippen MR) is 88.2 cm³/mol. The molecule has 0 aromatic carbocycles. The number of carboxylic acids is 1. The molecule has 9 heteroatoms. The van der Waals surface area contributed by atoms with Gasteiger partial charge in [-0.3, -0.25) is 19.2 Å². The van der Waals surface area contributed by atoms with Gasteiger partial charge in [-0.25, -0.2) is 0 Å². The molecule has 0 atom stereocenters. The average molecular weight is 347 g/mol. The van der Waals surface area contributed by atoms with Crippen molar-refractivity contribution in [2.75, 3.05) is 31.9 Å². The molecule has 0 spiro atoms. The van der Waals surface area contributed by atoms with Crippen LogP contribution in [-0.2, 0) is 19.2 Å². The van der Waals surface area contributed by atoms with E-state index in [0.29, 0.717) is 6.54 Å². The fourth-order valence-corrected chi connectivity index (χ4v) is 1.97. The van der Waals surface area contributed by atoms with Gasteiger partial charge in [0.05, 0.1) is 18.8 Å². The van der Waals surface area contributed by atoms with Crippen LogP contribution in [0.1, 0.15) is 32.6 Å². The quantitative estimate of drug-likeness (QED) is 0.284. The summed E-state index contributed by atoms with van der Waals surface area (Å²) in [5.74, 6) is -2.46. The Morgan fingerprint density at radius 2 is 1.65 bits per heavy atom. The number of carbonyl (C=O) groups excluding carboxylic acids is 3. The van der Waals surface area contributed by atoms with Gasteiger partial charge in [0.25, 0.3) is 0 Å². The van der Waals surface area contributed by atoms with E-state index in [1.165, 1.54) is 4.90 Å². The van der Waals surface area contributed by atoms with Crippen LogP contribution in [0, 0.1) is 0 Å². The Morgan fingerprint density at radius 3 is 2.22 bits per heavy atom. The lowest BCUT2D eigenvalue weighted by atomic mass is 10.2. The SMILES string of the molecule is CCCCCCN(CC(=O)NCC(=O)NCC(=O)O)C(=O)CS. The van der Waals surface area contributed by atoms with E-state index in [-0.39, 0.29) is 24.7 Å². The highest BCUT2D eigenvalue weighted by atomic mass is 32.1. The molecule has 0 aliphatic heterocycles. The zero-order valence-electron chi connectivity index (χ0n) is 13.3. The molecule has 0 aliphatic rings. The third-order valence-corrected chi connectivity index (χ3v) is 3.26. The number of carboxylic acid groups (broad SMARTS) is 1. The number of hydrogen-bond donors (Lipinski definition) is 4. The Bertz CT molecular complexity index is 417. The molecule has 0 rings (SSSR count). The Labute approximate surface area is 141 Å². The van der Waals surface area contributed by atoms with E-state index in [1.54, 1.807) is 0 Å². The summed E-state index contributed by atoms with van der Waals surface area (Å²) in [4.78, 5) is 46.5. The number of thiol groups is 1. The second-order valence-electron chi connectivity index (χ2n) is 4.98. The van der Waals surface area contributed by atoms with Gasteiger partial charge in [-0.2, -0.15) is 12.6 Å². The Hall–Kier alpha value is -1.77. The number of nitrogens with zero attached hydrogens (tertiary/aromatic N) is 1. The minimum Gasteiger partial charge on any atom is -0.480 e. The molecule has 0 unspecified atom stereocenters. The van der Waals surface area contributed by atoms with Gasteiger partial charge >= 0.3 is 5.97 Å². The van der Waals surface area contributed by atoms with Gasteiger partial charge < -0.3 is 20.6 Å². The van der Waals surface area contributed by atoms with Crippen molar-refractivity contribution in [3.63, 3.8) is 0 Å². The third kappa shape index (κ3) is 11.5. The van der Waals surface area contributed by atoms with E-state index in [9.17, 15) is 19.2 Å². The van der Waals surface area contributed by atoms with E-state index in [1.807, 2.05) is 0 Å². The van der Waals surface area contributed by atoms with Crippen molar-refractivity contribution in [1.82, 2.24) is 15.5 Å². The molecule has 3 N–H and O–H groups in total. The van der Waals surface area contributed by atoms with Crippen LogP contribution in [0.2, 0.25) is 0 Å². The van der Waals surface area contributed by atoms with Gasteiger partial charge in [0.15, 0.2) is 0 Å². The lowest BCUT2D eigenvalue weighted by molar-refractivity contribution is -0.138. The molecule has 23 heavy (non-hydrogen) atoms. The van der Waals surface area contributed by atoms with Crippen LogP contribution in [0.5, 0.6) is 0 Å². The van der Waals surface area contributed by atoms with Gasteiger partial charge in [-0.15, -0.1) is 0 Å².